The zero-order valence-corrected chi connectivity index (χ0v) is 20.2. The number of carbonyl (C=O) groups excluding carboxylic acids is 1. The van der Waals surface area contributed by atoms with Crippen LogP contribution in [0.15, 0.2) is 61.1 Å². The maximum Gasteiger partial charge on any atom is 0.326 e. The Morgan fingerprint density at radius 1 is 1.00 bits per heavy atom. The highest BCUT2D eigenvalue weighted by Crippen LogP contribution is 2.27. The molecule has 0 aliphatic heterocycles. The minimum atomic E-state index is -1.05. The maximum atomic E-state index is 12.6. The first-order valence-electron chi connectivity index (χ1n) is 12.4. The lowest BCUT2D eigenvalue weighted by Gasteiger charge is -2.25. The molecule has 0 spiro atoms. The van der Waals surface area contributed by atoms with Gasteiger partial charge in [-0.25, -0.2) is 4.79 Å². The van der Waals surface area contributed by atoms with E-state index in [1.54, 1.807) is 18.3 Å². The number of pyridine rings is 3. The van der Waals surface area contributed by atoms with Gasteiger partial charge in [0.2, 0.25) is 0 Å². The van der Waals surface area contributed by atoms with Crippen LogP contribution in [0.5, 0.6) is 0 Å². The van der Waals surface area contributed by atoms with Gasteiger partial charge in [-0.15, -0.1) is 0 Å². The molecule has 0 bridgehead atoms. The molecule has 0 radical (unpaired) electrons. The van der Waals surface area contributed by atoms with Gasteiger partial charge in [-0.1, -0.05) is 12.1 Å². The van der Waals surface area contributed by atoms with Crippen molar-refractivity contribution in [3.63, 3.8) is 0 Å². The van der Waals surface area contributed by atoms with E-state index < -0.39 is 17.9 Å². The van der Waals surface area contributed by atoms with Gasteiger partial charge >= 0.3 is 5.97 Å². The third-order valence-electron chi connectivity index (χ3n) is 6.28. The van der Waals surface area contributed by atoms with E-state index in [2.05, 4.69) is 37.0 Å². The Kier molecular flexibility index (Phi) is 9.07. The number of rotatable bonds is 12. The van der Waals surface area contributed by atoms with Crippen molar-refractivity contribution in [2.24, 2.45) is 0 Å². The van der Waals surface area contributed by atoms with Gasteiger partial charge in [-0.2, -0.15) is 0 Å². The fourth-order valence-electron chi connectivity index (χ4n) is 4.37. The number of nitrogens with one attached hydrogen (secondary N) is 3. The summed E-state index contributed by atoms with van der Waals surface area (Å²) in [5.41, 5.74) is 4.42. The van der Waals surface area contributed by atoms with E-state index in [9.17, 15) is 14.7 Å². The van der Waals surface area contributed by atoms with E-state index >= 15 is 0 Å². The minimum Gasteiger partial charge on any atom is -0.480 e. The van der Waals surface area contributed by atoms with Crippen LogP contribution >= 0.6 is 0 Å². The van der Waals surface area contributed by atoms with Crippen molar-refractivity contribution < 1.29 is 14.7 Å². The molecule has 3 aromatic rings. The summed E-state index contributed by atoms with van der Waals surface area (Å²) in [6.45, 7) is 1.80. The normalized spacial score (nSPS) is 15.6. The van der Waals surface area contributed by atoms with E-state index in [1.807, 2.05) is 30.5 Å². The van der Waals surface area contributed by atoms with Crippen LogP contribution < -0.4 is 16.0 Å². The van der Waals surface area contributed by atoms with Crippen LogP contribution in [-0.2, 0) is 24.3 Å². The maximum absolute atomic E-state index is 12.6. The van der Waals surface area contributed by atoms with Gasteiger partial charge in [-0.05, 0) is 74.5 Å². The van der Waals surface area contributed by atoms with Crippen LogP contribution in [0.2, 0.25) is 0 Å². The average Bonchev–Trinajstić information content (AvgIpc) is 2.91. The molecule has 188 valence electrons. The number of aryl methyl sites for hydroxylation is 1. The third kappa shape index (κ3) is 7.16. The second-order valence-corrected chi connectivity index (χ2v) is 8.92. The molecule has 1 amide bonds. The fraction of sp³-hybridized carbons (Fsp3) is 0.370. The van der Waals surface area contributed by atoms with E-state index in [1.165, 1.54) is 11.8 Å². The summed E-state index contributed by atoms with van der Waals surface area (Å²) in [5, 5.41) is 19.0. The summed E-state index contributed by atoms with van der Waals surface area (Å²) < 4.78 is 0. The Morgan fingerprint density at radius 3 is 2.58 bits per heavy atom. The van der Waals surface area contributed by atoms with Gasteiger partial charge in [-0.3, -0.25) is 19.7 Å². The quantitative estimate of drug-likeness (QED) is 0.287. The highest BCUT2D eigenvalue weighted by molar-refractivity contribution is 5.96. The molecule has 3 heterocycles. The van der Waals surface area contributed by atoms with E-state index in [0.717, 1.165) is 36.3 Å². The summed E-state index contributed by atoms with van der Waals surface area (Å²) in [6.07, 6.45) is 9.16. The zero-order chi connectivity index (χ0) is 25.2. The van der Waals surface area contributed by atoms with Gasteiger partial charge in [0.1, 0.15) is 6.04 Å². The van der Waals surface area contributed by atoms with Crippen molar-refractivity contribution in [2.45, 2.75) is 57.3 Å². The van der Waals surface area contributed by atoms with Gasteiger partial charge in [0.15, 0.2) is 0 Å². The highest BCUT2D eigenvalue weighted by atomic mass is 16.4. The lowest BCUT2D eigenvalue weighted by Crippen LogP contribution is -2.41. The minimum absolute atomic E-state index is 0.191. The van der Waals surface area contributed by atoms with Crippen molar-refractivity contribution in [3.05, 3.63) is 89.3 Å². The van der Waals surface area contributed by atoms with Crippen LogP contribution in [0.3, 0.4) is 0 Å². The van der Waals surface area contributed by atoms with Crippen LogP contribution in [0.1, 0.15) is 64.7 Å². The van der Waals surface area contributed by atoms with Crippen LogP contribution in [0.4, 0.5) is 0 Å². The predicted molar refractivity (Wildman–Crippen MR) is 135 cm³/mol. The molecule has 1 aliphatic carbocycles. The molecule has 36 heavy (non-hydrogen) atoms. The molecule has 4 N–H and O–H groups in total. The molecule has 0 saturated heterocycles. The zero-order valence-electron chi connectivity index (χ0n) is 20.2. The van der Waals surface area contributed by atoms with Gasteiger partial charge in [0, 0.05) is 37.7 Å². The highest BCUT2D eigenvalue weighted by Gasteiger charge is 2.23. The molecule has 4 rings (SSSR count). The lowest BCUT2D eigenvalue weighted by atomic mass is 9.92. The third-order valence-corrected chi connectivity index (χ3v) is 6.28. The van der Waals surface area contributed by atoms with E-state index in [0.29, 0.717) is 38.0 Å². The number of fused-ring (bicyclic) bond motifs is 1. The fourth-order valence-corrected chi connectivity index (χ4v) is 4.37. The first-order chi connectivity index (χ1) is 17.6. The molecule has 0 fully saturated rings. The second kappa shape index (κ2) is 12.9. The smallest absolute Gasteiger partial charge is 0.326 e. The van der Waals surface area contributed by atoms with Gasteiger partial charge in [0.05, 0.1) is 22.6 Å². The molecular weight excluding hydrogens is 456 g/mol. The van der Waals surface area contributed by atoms with Crippen molar-refractivity contribution in [1.82, 2.24) is 30.9 Å². The SMILES string of the molecule is O=C(N[C@@H](CCCNC1CCCc2cccnc21)C(=O)O)c1ccc(CNCc2ccccn2)nc1. The Morgan fingerprint density at radius 2 is 1.83 bits per heavy atom. The number of carboxylic acid groups (broad SMARTS) is 1. The van der Waals surface area contributed by atoms with E-state index in [4.69, 9.17) is 0 Å². The Hall–Kier alpha value is -3.69. The summed E-state index contributed by atoms with van der Waals surface area (Å²) in [5.74, 6) is -1.49. The first-order valence-corrected chi connectivity index (χ1v) is 12.4. The number of aliphatic carboxylic acids is 1. The summed E-state index contributed by atoms with van der Waals surface area (Å²) in [4.78, 5) is 37.5. The van der Waals surface area contributed by atoms with Gasteiger partial charge < -0.3 is 21.1 Å². The van der Waals surface area contributed by atoms with Crippen molar-refractivity contribution in [1.29, 1.82) is 0 Å². The molecule has 0 aromatic carbocycles. The van der Waals surface area contributed by atoms with Crippen molar-refractivity contribution in [3.8, 4) is 0 Å². The predicted octanol–water partition coefficient (Wildman–Crippen LogP) is 2.79. The first kappa shape index (κ1) is 25.4. The Labute approximate surface area is 210 Å². The Bertz CT molecular complexity index is 1140. The molecule has 3 aromatic heterocycles. The number of amides is 1. The molecule has 9 heteroatoms. The molecule has 0 saturated carbocycles. The van der Waals surface area contributed by atoms with Crippen LogP contribution in [0, 0.1) is 0 Å². The molecular formula is C27H32N6O3. The standard InChI is InChI=1S/C27H32N6O3/c34-26(20-11-12-22(32-16-20)18-28-17-21-8-1-2-13-29-21)33-24(27(35)36)10-5-14-30-23-9-3-6-19-7-4-15-31-25(19)23/h1-2,4,7-8,11-13,15-16,23-24,28,30H,3,5-6,9-10,14,17-18H2,(H,33,34)(H,35,36)/t23?,24-/m0/s1. The number of carboxylic acids is 1. The number of nitrogens with zero attached hydrogens (tertiary/aromatic N) is 3. The molecule has 1 aliphatic rings. The van der Waals surface area contributed by atoms with Crippen molar-refractivity contribution >= 4 is 11.9 Å². The monoisotopic (exact) mass is 488 g/mol. The van der Waals surface area contributed by atoms with Crippen LogP contribution in [0.25, 0.3) is 0 Å². The topological polar surface area (TPSA) is 129 Å². The molecule has 1 unspecified atom stereocenters. The molecule has 9 nitrogen and oxygen atoms in total. The van der Waals surface area contributed by atoms with Crippen molar-refractivity contribution in [2.75, 3.05) is 6.54 Å². The van der Waals surface area contributed by atoms with Crippen LogP contribution in [-0.4, -0.2) is 44.5 Å². The largest absolute Gasteiger partial charge is 0.480 e. The average molecular weight is 489 g/mol. The molecule has 2 atom stereocenters. The number of aromatic nitrogens is 3. The van der Waals surface area contributed by atoms with E-state index in [-0.39, 0.29) is 6.04 Å². The summed E-state index contributed by atoms with van der Waals surface area (Å²) >= 11 is 0. The summed E-state index contributed by atoms with van der Waals surface area (Å²) in [7, 11) is 0. The number of carbonyl (C=O) groups is 2. The Balaban J connectivity index is 1.21. The second-order valence-electron chi connectivity index (χ2n) is 8.92. The number of hydrogen-bond acceptors (Lipinski definition) is 7. The summed E-state index contributed by atoms with van der Waals surface area (Å²) in [6, 6.07) is 12.5. The van der Waals surface area contributed by atoms with Gasteiger partial charge in [0.25, 0.3) is 5.91 Å². The number of hydrogen-bond donors (Lipinski definition) is 4. The lowest BCUT2D eigenvalue weighted by molar-refractivity contribution is -0.139.